The number of carbonyl (C=O) groups excluding carboxylic acids is 1. The molecule has 0 bridgehead atoms. The zero-order valence-electron chi connectivity index (χ0n) is 12.1. The molecule has 1 amide bonds. The quantitative estimate of drug-likeness (QED) is 0.890. The van der Waals surface area contributed by atoms with Gasteiger partial charge in [0.25, 0.3) is 5.91 Å². The van der Waals surface area contributed by atoms with E-state index in [0.29, 0.717) is 30.1 Å². The van der Waals surface area contributed by atoms with Crippen LogP contribution in [0, 0.1) is 6.92 Å². The van der Waals surface area contributed by atoms with Gasteiger partial charge in [-0.05, 0) is 26.7 Å². The van der Waals surface area contributed by atoms with E-state index in [4.69, 9.17) is 4.52 Å². The first kappa shape index (κ1) is 14.1. The van der Waals surface area contributed by atoms with Crippen LogP contribution in [0.5, 0.6) is 0 Å². The number of rotatable bonds is 2. The summed E-state index contributed by atoms with van der Waals surface area (Å²) in [5, 5.41) is 14.0. The van der Waals surface area contributed by atoms with E-state index in [1.54, 1.807) is 18.7 Å². The average molecular weight is 266 g/mol. The van der Waals surface area contributed by atoms with Gasteiger partial charge in [-0.3, -0.25) is 4.79 Å². The summed E-state index contributed by atoms with van der Waals surface area (Å²) in [6.07, 6.45) is 1.55. The predicted molar refractivity (Wildman–Crippen MR) is 71.1 cm³/mol. The molecular weight excluding hydrogens is 244 g/mol. The first-order chi connectivity index (χ1) is 8.82. The van der Waals surface area contributed by atoms with Gasteiger partial charge in [0.05, 0.1) is 11.3 Å². The Morgan fingerprint density at radius 3 is 2.79 bits per heavy atom. The fourth-order valence-electron chi connectivity index (χ4n) is 2.59. The Morgan fingerprint density at radius 1 is 1.53 bits per heavy atom. The number of aromatic nitrogens is 1. The molecule has 106 valence electrons. The monoisotopic (exact) mass is 266 g/mol. The van der Waals surface area contributed by atoms with Crippen LogP contribution in [0.4, 0.5) is 0 Å². The number of hydrogen-bond donors (Lipinski definition) is 1. The van der Waals surface area contributed by atoms with Crippen molar-refractivity contribution in [1.29, 1.82) is 0 Å². The van der Waals surface area contributed by atoms with Crippen LogP contribution < -0.4 is 0 Å². The van der Waals surface area contributed by atoms with Gasteiger partial charge >= 0.3 is 0 Å². The highest BCUT2D eigenvalue weighted by atomic mass is 16.5. The number of hydrogen-bond acceptors (Lipinski definition) is 4. The summed E-state index contributed by atoms with van der Waals surface area (Å²) in [4.78, 5) is 14.3. The molecule has 1 unspecified atom stereocenters. The zero-order valence-corrected chi connectivity index (χ0v) is 12.1. The van der Waals surface area contributed by atoms with E-state index < -0.39 is 5.60 Å². The summed E-state index contributed by atoms with van der Waals surface area (Å²) in [5.41, 5.74) is 0.392. The predicted octanol–water partition coefficient (Wildman–Crippen LogP) is 2.09. The molecule has 5 nitrogen and oxygen atoms in total. The molecule has 0 spiro atoms. The highest BCUT2D eigenvalue weighted by Gasteiger charge is 2.34. The van der Waals surface area contributed by atoms with Crippen LogP contribution in [0.2, 0.25) is 0 Å². The van der Waals surface area contributed by atoms with Gasteiger partial charge in [-0.2, -0.15) is 0 Å². The normalized spacial score (nSPS) is 24.0. The van der Waals surface area contributed by atoms with Crippen molar-refractivity contribution in [1.82, 2.24) is 10.1 Å². The summed E-state index contributed by atoms with van der Waals surface area (Å²) < 4.78 is 5.26. The van der Waals surface area contributed by atoms with Gasteiger partial charge < -0.3 is 14.5 Å². The number of aryl methyl sites for hydroxylation is 1. The van der Waals surface area contributed by atoms with Crippen LogP contribution in [-0.4, -0.2) is 39.8 Å². The Hall–Kier alpha value is -1.36. The lowest BCUT2D eigenvalue weighted by molar-refractivity contribution is -0.0108. The number of β-amino-alcohol motifs (C(OH)–C–C–N with tert-alkyl or cyclic N) is 1. The molecule has 1 aliphatic rings. The number of amides is 1. The third-order valence-electron chi connectivity index (χ3n) is 3.59. The topological polar surface area (TPSA) is 66.6 Å². The number of piperidine rings is 1. The lowest BCUT2D eigenvalue weighted by Crippen LogP contribution is -2.48. The molecular formula is C14H22N2O3. The van der Waals surface area contributed by atoms with E-state index in [1.807, 2.05) is 13.8 Å². The summed E-state index contributed by atoms with van der Waals surface area (Å²) in [6, 6.07) is 0. The van der Waals surface area contributed by atoms with Crippen LogP contribution in [0.3, 0.4) is 0 Å². The molecule has 2 heterocycles. The van der Waals surface area contributed by atoms with E-state index in [-0.39, 0.29) is 11.8 Å². The summed E-state index contributed by atoms with van der Waals surface area (Å²) >= 11 is 0. The average Bonchev–Trinajstić information content (AvgIpc) is 2.69. The van der Waals surface area contributed by atoms with Gasteiger partial charge in [-0.15, -0.1) is 0 Å². The summed E-state index contributed by atoms with van der Waals surface area (Å²) in [6.45, 7) is 8.55. The molecule has 0 radical (unpaired) electrons. The van der Waals surface area contributed by atoms with Gasteiger partial charge in [0.2, 0.25) is 0 Å². The second-order valence-electron chi connectivity index (χ2n) is 5.99. The number of carbonyl (C=O) groups is 1. The SMILES string of the molecule is Cc1noc(C(C)C)c1C(=O)N1CCCC(C)(O)C1. The van der Waals surface area contributed by atoms with Crippen molar-refractivity contribution in [2.45, 2.75) is 52.1 Å². The van der Waals surface area contributed by atoms with Crippen molar-refractivity contribution in [3.63, 3.8) is 0 Å². The Bertz CT molecular complexity index is 477. The van der Waals surface area contributed by atoms with E-state index in [2.05, 4.69) is 5.16 Å². The molecule has 1 aromatic rings. The van der Waals surface area contributed by atoms with Crippen LogP contribution in [-0.2, 0) is 0 Å². The number of likely N-dealkylation sites (tertiary alicyclic amines) is 1. The summed E-state index contributed by atoms with van der Waals surface area (Å²) in [7, 11) is 0. The van der Waals surface area contributed by atoms with Crippen LogP contribution >= 0.6 is 0 Å². The molecule has 1 aliphatic heterocycles. The van der Waals surface area contributed by atoms with Crippen LogP contribution in [0.1, 0.15) is 61.3 Å². The molecule has 0 aromatic carbocycles. The van der Waals surface area contributed by atoms with Gasteiger partial charge in [0.15, 0.2) is 5.76 Å². The van der Waals surface area contributed by atoms with Crippen molar-refractivity contribution >= 4 is 5.91 Å². The Balaban J connectivity index is 2.27. The second-order valence-corrected chi connectivity index (χ2v) is 5.99. The highest BCUT2D eigenvalue weighted by molar-refractivity contribution is 5.96. The molecule has 0 saturated carbocycles. The lowest BCUT2D eigenvalue weighted by atomic mass is 9.94. The second kappa shape index (κ2) is 4.96. The van der Waals surface area contributed by atoms with E-state index in [9.17, 15) is 9.90 Å². The van der Waals surface area contributed by atoms with Crippen molar-refractivity contribution in [3.05, 3.63) is 17.0 Å². The number of nitrogens with zero attached hydrogens (tertiary/aromatic N) is 2. The first-order valence-electron chi connectivity index (χ1n) is 6.79. The summed E-state index contributed by atoms with van der Waals surface area (Å²) in [5.74, 6) is 0.667. The first-order valence-corrected chi connectivity index (χ1v) is 6.79. The van der Waals surface area contributed by atoms with Crippen LogP contribution in [0.25, 0.3) is 0 Å². The van der Waals surface area contributed by atoms with Gasteiger partial charge in [-0.25, -0.2) is 0 Å². The third-order valence-corrected chi connectivity index (χ3v) is 3.59. The number of aliphatic hydroxyl groups is 1. The van der Waals surface area contributed by atoms with Crippen molar-refractivity contribution in [2.75, 3.05) is 13.1 Å². The van der Waals surface area contributed by atoms with E-state index in [1.165, 1.54) is 0 Å². The largest absolute Gasteiger partial charge is 0.388 e. The Labute approximate surface area is 113 Å². The maximum Gasteiger partial charge on any atom is 0.259 e. The minimum Gasteiger partial charge on any atom is -0.388 e. The Kier molecular flexibility index (Phi) is 3.67. The highest BCUT2D eigenvalue weighted by Crippen LogP contribution is 2.27. The van der Waals surface area contributed by atoms with Gasteiger partial charge in [0.1, 0.15) is 5.56 Å². The zero-order chi connectivity index (χ0) is 14.2. The molecule has 2 rings (SSSR count). The molecule has 19 heavy (non-hydrogen) atoms. The van der Waals surface area contributed by atoms with Gasteiger partial charge in [0, 0.05) is 19.0 Å². The molecule has 5 heteroatoms. The molecule has 1 fully saturated rings. The van der Waals surface area contributed by atoms with Crippen LogP contribution in [0.15, 0.2) is 4.52 Å². The van der Waals surface area contributed by atoms with Gasteiger partial charge in [-0.1, -0.05) is 19.0 Å². The molecule has 0 aliphatic carbocycles. The maximum absolute atomic E-state index is 12.6. The minimum atomic E-state index is -0.795. The minimum absolute atomic E-state index is 0.0811. The molecule has 1 aromatic heterocycles. The van der Waals surface area contributed by atoms with E-state index in [0.717, 1.165) is 12.8 Å². The maximum atomic E-state index is 12.6. The standard InChI is InChI=1S/C14H22N2O3/c1-9(2)12-11(10(3)15-19-12)13(17)16-7-5-6-14(4,18)8-16/h9,18H,5-8H2,1-4H3. The smallest absolute Gasteiger partial charge is 0.259 e. The fraction of sp³-hybridized carbons (Fsp3) is 0.714. The third kappa shape index (κ3) is 2.81. The molecule has 1 N–H and O–H groups in total. The van der Waals surface area contributed by atoms with E-state index >= 15 is 0 Å². The lowest BCUT2D eigenvalue weighted by Gasteiger charge is -2.36. The fourth-order valence-corrected chi connectivity index (χ4v) is 2.59. The van der Waals surface area contributed by atoms with Crippen molar-refractivity contribution in [2.24, 2.45) is 0 Å². The van der Waals surface area contributed by atoms with Crippen molar-refractivity contribution < 1.29 is 14.4 Å². The molecule has 1 atom stereocenters. The van der Waals surface area contributed by atoms with Crippen molar-refractivity contribution in [3.8, 4) is 0 Å². The molecule has 1 saturated heterocycles. The Morgan fingerprint density at radius 2 is 2.21 bits per heavy atom.